The van der Waals surface area contributed by atoms with Crippen LogP contribution in [0.5, 0.6) is 23.0 Å². The van der Waals surface area contributed by atoms with Gasteiger partial charge in [-0.1, -0.05) is 0 Å². The Hall–Kier alpha value is -4.66. The number of phenols is 4. The van der Waals surface area contributed by atoms with Gasteiger partial charge in [0.1, 0.15) is 16.9 Å². The lowest BCUT2D eigenvalue weighted by Gasteiger charge is -2.15. The second-order valence-corrected chi connectivity index (χ2v) is 7.60. The van der Waals surface area contributed by atoms with Crippen molar-refractivity contribution in [3.63, 3.8) is 0 Å². The van der Waals surface area contributed by atoms with Crippen LogP contribution in [0.1, 0.15) is 5.56 Å². The third-order valence-electron chi connectivity index (χ3n) is 5.60. The second kappa shape index (κ2) is 5.73. The van der Waals surface area contributed by atoms with Gasteiger partial charge in [0, 0.05) is 28.5 Å². The summed E-state index contributed by atoms with van der Waals surface area (Å²) in [6.07, 6.45) is 0. The molecule has 6 rings (SSSR count). The number of hydrogen-bond acceptors (Lipinski definition) is 8. The fourth-order valence-corrected chi connectivity index (χ4v) is 4.19. The zero-order valence-electron chi connectivity index (χ0n) is 16.3. The molecule has 0 saturated heterocycles. The lowest BCUT2D eigenvalue weighted by Crippen LogP contribution is -2.09. The van der Waals surface area contributed by atoms with Crippen molar-refractivity contribution in [2.24, 2.45) is 0 Å². The van der Waals surface area contributed by atoms with E-state index in [1.165, 1.54) is 24.3 Å². The van der Waals surface area contributed by atoms with Crippen molar-refractivity contribution in [1.82, 2.24) is 0 Å². The molecular formula is C23H13O9+. The summed E-state index contributed by atoms with van der Waals surface area (Å²) in [5.74, 6) is -1.43. The van der Waals surface area contributed by atoms with E-state index in [1.54, 1.807) is 6.92 Å². The summed E-state index contributed by atoms with van der Waals surface area (Å²) in [5, 5.41) is 41.6. The number of benzene rings is 3. The number of aryl methyl sites for hydroxylation is 1. The highest BCUT2D eigenvalue weighted by Gasteiger charge is 2.27. The molecule has 0 unspecified atom stereocenters. The molecule has 0 aliphatic heterocycles. The van der Waals surface area contributed by atoms with E-state index in [9.17, 15) is 30.0 Å². The largest absolute Gasteiger partial charge is 0.508 e. The summed E-state index contributed by atoms with van der Waals surface area (Å²) in [7, 11) is 0. The zero-order valence-corrected chi connectivity index (χ0v) is 16.3. The van der Waals surface area contributed by atoms with Gasteiger partial charge in [0.05, 0.1) is 16.8 Å². The Kier molecular flexibility index (Phi) is 3.25. The highest BCUT2D eigenvalue weighted by atomic mass is 16.4. The van der Waals surface area contributed by atoms with Crippen LogP contribution in [0.2, 0.25) is 0 Å². The molecule has 3 heterocycles. The van der Waals surface area contributed by atoms with Gasteiger partial charge in [0.25, 0.3) is 5.75 Å². The number of hydrogen-bond donors (Lipinski definition) is 4. The lowest BCUT2D eigenvalue weighted by atomic mass is 9.98. The van der Waals surface area contributed by atoms with Crippen molar-refractivity contribution in [2.45, 2.75) is 6.92 Å². The highest BCUT2D eigenvalue weighted by Crippen LogP contribution is 2.46. The first-order chi connectivity index (χ1) is 15.2. The quantitative estimate of drug-likeness (QED) is 0.132. The smallest absolute Gasteiger partial charge is 0.386 e. The van der Waals surface area contributed by atoms with Crippen LogP contribution in [-0.4, -0.2) is 25.2 Å². The SMILES string of the molecule is Cc1cc(-c2oc3cc(O)cc4oc5c(O)c(=[OH+])cc6c(=O)oc2c(c34)c56)cc(O)c1O. The van der Waals surface area contributed by atoms with Crippen molar-refractivity contribution in [3.05, 3.63) is 51.7 Å². The summed E-state index contributed by atoms with van der Waals surface area (Å²) in [6, 6.07) is 6.51. The van der Waals surface area contributed by atoms with Gasteiger partial charge in [-0.2, -0.15) is 0 Å². The minimum absolute atomic E-state index is 0.000990. The van der Waals surface area contributed by atoms with Crippen LogP contribution < -0.4 is 11.1 Å². The monoisotopic (exact) mass is 433 g/mol. The van der Waals surface area contributed by atoms with E-state index in [0.29, 0.717) is 21.9 Å². The van der Waals surface area contributed by atoms with Gasteiger partial charge in [-0.15, -0.1) is 0 Å². The van der Waals surface area contributed by atoms with Crippen LogP contribution in [0.3, 0.4) is 0 Å². The van der Waals surface area contributed by atoms with Gasteiger partial charge in [-0.05, 0) is 24.6 Å². The molecule has 0 bridgehead atoms. The molecule has 32 heavy (non-hydrogen) atoms. The highest BCUT2D eigenvalue weighted by molar-refractivity contribution is 6.28. The molecule has 9 nitrogen and oxygen atoms in total. The number of rotatable bonds is 1. The van der Waals surface area contributed by atoms with Crippen molar-refractivity contribution >= 4 is 43.9 Å². The molecule has 0 fully saturated rings. The Morgan fingerprint density at radius 1 is 0.781 bits per heavy atom. The van der Waals surface area contributed by atoms with E-state index in [0.717, 1.165) is 6.07 Å². The summed E-state index contributed by atoms with van der Waals surface area (Å²) < 4.78 is 17.3. The third kappa shape index (κ3) is 2.16. The molecule has 0 amide bonds. The van der Waals surface area contributed by atoms with E-state index in [4.69, 9.17) is 13.3 Å². The maximum absolute atomic E-state index is 12.8. The predicted molar refractivity (Wildman–Crippen MR) is 113 cm³/mol. The average molecular weight is 433 g/mol. The van der Waals surface area contributed by atoms with Crippen LogP contribution in [-0.2, 0) is 0 Å². The zero-order chi connectivity index (χ0) is 22.5. The van der Waals surface area contributed by atoms with E-state index in [-0.39, 0.29) is 50.4 Å². The first-order valence-electron chi connectivity index (χ1n) is 9.43. The third-order valence-corrected chi connectivity index (χ3v) is 5.60. The first-order valence-corrected chi connectivity index (χ1v) is 9.43. The summed E-state index contributed by atoms with van der Waals surface area (Å²) >= 11 is 0. The summed E-state index contributed by atoms with van der Waals surface area (Å²) in [4.78, 5) is 22.9. The average Bonchev–Trinajstić information content (AvgIpc) is 2.74. The minimum Gasteiger partial charge on any atom is -0.508 e. The van der Waals surface area contributed by atoms with Crippen LogP contribution in [0.4, 0.5) is 0 Å². The van der Waals surface area contributed by atoms with Crippen molar-refractivity contribution in [2.75, 3.05) is 0 Å². The Morgan fingerprint density at radius 3 is 2.22 bits per heavy atom. The van der Waals surface area contributed by atoms with Gasteiger partial charge in [0.2, 0.25) is 0 Å². The molecule has 0 saturated carbocycles. The van der Waals surface area contributed by atoms with Crippen molar-refractivity contribution < 1.29 is 38.5 Å². The van der Waals surface area contributed by atoms with E-state index in [1.807, 2.05) is 0 Å². The van der Waals surface area contributed by atoms with Gasteiger partial charge in [0.15, 0.2) is 28.4 Å². The van der Waals surface area contributed by atoms with Gasteiger partial charge in [-0.25, -0.2) is 4.79 Å². The Labute approximate surface area is 175 Å². The van der Waals surface area contributed by atoms with Crippen molar-refractivity contribution in [1.29, 1.82) is 0 Å². The standard InChI is InChI=1S/C23H12O9/c1-7-2-8(3-11(25)18(7)27)20-22-17-15-10(23(29)32-22)6-12(26)19(28)21(15)31-14-5-9(24)4-13(30-20)16(14)17/h2-6,24-25,27-28H,1H3/p+1. The molecule has 3 aromatic heterocycles. The van der Waals surface area contributed by atoms with E-state index < -0.39 is 22.6 Å². The normalized spacial score (nSPS) is 12.0. The summed E-state index contributed by atoms with van der Waals surface area (Å²) in [5.41, 5.74) is -0.607. The maximum atomic E-state index is 12.8. The van der Waals surface area contributed by atoms with Crippen LogP contribution >= 0.6 is 0 Å². The topological polar surface area (TPSA) is 159 Å². The van der Waals surface area contributed by atoms with Gasteiger partial charge in [-0.3, -0.25) is 4.79 Å². The van der Waals surface area contributed by atoms with Crippen molar-refractivity contribution in [3.8, 4) is 34.3 Å². The molecule has 0 aliphatic rings. The molecule has 5 N–H and O–H groups in total. The first kappa shape index (κ1) is 18.1. The molecule has 0 spiro atoms. The molecule has 0 radical (unpaired) electrons. The van der Waals surface area contributed by atoms with Crippen LogP contribution in [0.15, 0.2) is 48.4 Å². The molecule has 3 aromatic carbocycles. The summed E-state index contributed by atoms with van der Waals surface area (Å²) in [6.45, 7) is 1.58. The predicted octanol–water partition coefficient (Wildman–Crippen LogP) is 3.68. The minimum atomic E-state index is -0.814. The molecule has 0 atom stereocenters. The van der Waals surface area contributed by atoms with Gasteiger partial charge < -0.3 is 33.7 Å². The maximum Gasteiger partial charge on any atom is 0.386 e. The molecule has 158 valence electrons. The molecular weight excluding hydrogens is 420 g/mol. The Balaban J connectivity index is 1.96. The van der Waals surface area contributed by atoms with Crippen LogP contribution in [0.25, 0.3) is 55.2 Å². The second-order valence-electron chi connectivity index (χ2n) is 7.60. The molecule has 9 heteroatoms. The van der Waals surface area contributed by atoms with Gasteiger partial charge >= 0.3 is 11.1 Å². The fraction of sp³-hybridized carbons (Fsp3) is 0.0435. The lowest BCUT2D eigenvalue weighted by molar-refractivity contribution is 0.401. The van der Waals surface area contributed by atoms with E-state index in [2.05, 4.69) is 0 Å². The van der Waals surface area contributed by atoms with Crippen LogP contribution in [0, 0.1) is 6.92 Å². The number of phenolic OH excluding ortho intramolecular Hbond substituents is 4. The Bertz CT molecular complexity index is 1840. The molecule has 6 aromatic rings. The molecule has 0 aliphatic carbocycles. The van der Waals surface area contributed by atoms with E-state index >= 15 is 0 Å². The number of aromatic hydroxyl groups is 4. The fourth-order valence-electron chi connectivity index (χ4n) is 4.19. The Morgan fingerprint density at radius 2 is 1.50 bits per heavy atom.